The summed E-state index contributed by atoms with van der Waals surface area (Å²) >= 11 is 7.99. The first-order valence-corrected chi connectivity index (χ1v) is 11.6. The van der Waals surface area contributed by atoms with Crippen LogP contribution in [0.1, 0.15) is 18.4 Å². The summed E-state index contributed by atoms with van der Waals surface area (Å²) in [4.78, 5) is 16.1. The molecule has 6 nitrogen and oxygen atoms in total. The topological polar surface area (TPSA) is 61.0 Å². The Morgan fingerprint density at radius 2 is 1.87 bits per heavy atom. The smallest absolute Gasteiger partial charge is 0.191 e. The largest absolute Gasteiger partial charge is 0.370 e. The van der Waals surface area contributed by atoms with E-state index in [0.717, 1.165) is 62.5 Å². The fourth-order valence-corrected chi connectivity index (χ4v) is 4.91. The number of aliphatic imine (C=N–C) groups is 1. The van der Waals surface area contributed by atoms with Gasteiger partial charge in [-0.25, -0.2) is 4.98 Å². The van der Waals surface area contributed by atoms with Crippen molar-refractivity contribution < 1.29 is 0 Å². The summed E-state index contributed by atoms with van der Waals surface area (Å²) in [5.41, 5.74) is 7.51. The highest BCUT2D eigenvalue weighted by Gasteiger charge is 2.22. The second-order valence-electron chi connectivity index (χ2n) is 7.80. The molecule has 2 aliphatic heterocycles. The van der Waals surface area contributed by atoms with E-state index < -0.39 is 0 Å². The van der Waals surface area contributed by atoms with Gasteiger partial charge in [0.05, 0.1) is 0 Å². The number of aromatic nitrogens is 1. The molecule has 4 rings (SSSR count). The van der Waals surface area contributed by atoms with Gasteiger partial charge in [-0.15, -0.1) is 35.3 Å². The summed E-state index contributed by atoms with van der Waals surface area (Å²) in [7, 11) is 0. The first-order valence-electron chi connectivity index (χ1n) is 10.3. The average Bonchev–Trinajstić information content (AvgIpc) is 3.30. The zero-order valence-electron chi connectivity index (χ0n) is 17.1. The lowest BCUT2D eigenvalue weighted by molar-refractivity contribution is 0.180. The molecule has 0 saturated carbocycles. The molecule has 2 aromatic rings. The van der Waals surface area contributed by atoms with Crippen LogP contribution in [0, 0.1) is 5.92 Å². The van der Waals surface area contributed by atoms with Crippen LogP contribution in [0.15, 0.2) is 40.8 Å². The molecule has 2 aliphatic rings. The van der Waals surface area contributed by atoms with Gasteiger partial charge in [0.1, 0.15) is 0 Å². The van der Waals surface area contributed by atoms with Crippen molar-refractivity contribution in [3.8, 4) is 0 Å². The number of piperidine rings is 1. The van der Waals surface area contributed by atoms with Crippen LogP contribution >= 0.6 is 46.9 Å². The Hall–Kier alpha value is -1.10. The van der Waals surface area contributed by atoms with Crippen molar-refractivity contribution in [2.75, 3.05) is 50.7 Å². The molecule has 164 valence electrons. The van der Waals surface area contributed by atoms with Gasteiger partial charge in [-0.2, -0.15) is 0 Å². The Morgan fingerprint density at radius 1 is 1.13 bits per heavy atom. The molecule has 2 N–H and O–H groups in total. The maximum atomic E-state index is 6.30. The molecule has 1 aromatic carbocycles. The lowest BCUT2D eigenvalue weighted by Crippen LogP contribution is -2.51. The summed E-state index contributed by atoms with van der Waals surface area (Å²) in [6.07, 6.45) is 4.19. The molecular formula is C21H30ClIN6S. The fraction of sp³-hybridized carbons (Fsp3) is 0.524. The van der Waals surface area contributed by atoms with Gasteiger partial charge in [-0.1, -0.05) is 29.8 Å². The number of rotatable bonds is 5. The third kappa shape index (κ3) is 6.21. The van der Waals surface area contributed by atoms with Crippen molar-refractivity contribution in [2.24, 2.45) is 16.6 Å². The molecule has 2 saturated heterocycles. The van der Waals surface area contributed by atoms with E-state index in [0.29, 0.717) is 11.9 Å². The van der Waals surface area contributed by atoms with Crippen LogP contribution in [0.25, 0.3) is 0 Å². The van der Waals surface area contributed by atoms with E-state index in [-0.39, 0.29) is 24.0 Å². The number of thiazole rings is 1. The predicted octanol–water partition coefficient (Wildman–Crippen LogP) is 3.76. The highest BCUT2D eigenvalue weighted by atomic mass is 127. The van der Waals surface area contributed by atoms with Crippen LogP contribution in [0.4, 0.5) is 5.13 Å². The number of anilines is 1. The number of guanidine groups is 1. The number of halogens is 2. The number of piperazine rings is 1. The lowest BCUT2D eigenvalue weighted by atomic mass is 9.96. The SMILES string of the molecule is I.NC(=NCC1CCN(Cc2ccccc2Cl)CC1)N1CCN(c2nccs2)CC1. The molecule has 30 heavy (non-hydrogen) atoms. The number of benzene rings is 1. The summed E-state index contributed by atoms with van der Waals surface area (Å²) in [6.45, 7) is 7.67. The quantitative estimate of drug-likeness (QED) is 0.343. The van der Waals surface area contributed by atoms with Crippen molar-refractivity contribution in [1.82, 2.24) is 14.8 Å². The minimum atomic E-state index is 0. The molecule has 0 atom stereocenters. The van der Waals surface area contributed by atoms with Gasteiger partial charge < -0.3 is 15.5 Å². The van der Waals surface area contributed by atoms with Crippen molar-refractivity contribution >= 4 is 58.0 Å². The minimum Gasteiger partial charge on any atom is -0.370 e. The first-order chi connectivity index (χ1) is 14.2. The van der Waals surface area contributed by atoms with Gasteiger partial charge >= 0.3 is 0 Å². The Morgan fingerprint density at radius 3 is 2.53 bits per heavy atom. The Kier molecular flexibility index (Phi) is 9.03. The molecular weight excluding hydrogens is 531 g/mol. The third-order valence-electron chi connectivity index (χ3n) is 5.86. The third-order valence-corrected chi connectivity index (χ3v) is 7.06. The Bertz CT molecular complexity index is 802. The van der Waals surface area contributed by atoms with E-state index in [1.54, 1.807) is 11.3 Å². The molecule has 3 heterocycles. The number of nitrogens with two attached hydrogens (primary N) is 1. The maximum Gasteiger partial charge on any atom is 0.191 e. The minimum absolute atomic E-state index is 0. The van der Waals surface area contributed by atoms with Gasteiger partial charge in [0, 0.05) is 55.9 Å². The van der Waals surface area contributed by atoms with Crippen molar-refractivity contribution in [2.45, 2.75) is 19.4 Å². The second-order valence-corrected chi connectivity index (χ2v) is 9.08. The van der Waals surface area contributed by atoms with Crippen LogP contribution in [0.2, 0.25) is 5.02 Å². The van der Waals surface area contributed by atoms with Gasteiger partial charge in [0.25, 0.3) is 0 Å². The standard InChI is InChI=1S/C21H29ClN6S.HI/c22-19-4-2-1-3-18(19)16-26-8-5-17(6-9-26)15-25-20(23)27-10-12-28(13-11-27)21-24-7-14-29-21;/h1-4,7,14,17H,5-6,8-13,15-16H2,(H2,23,25);1H. The Labute approximate surface area is 205 Å². The zero-order chi connectivity index (χ0) is 20.1. The van der Waals surface area contributed by atoms with E-state index in [4.69, 9.17) is 22.3 Å². The van der Waals surface area contributed by atoms with Crippen molar-refractivity contribution in [3.05, 3.63) is 46.4 Å². The first kappa shape index (κ1) is 23.6. The molecule has 0 bridgehead atoms. The molecule has 0 unspecified atom stereocenters. The van der Waals surface area contributed by atoms with E-state index in [2.05, 4.69) is 31.8 Å². The predicted molar refractivity (Wildman–Crippen MR) is 137 cm³/mol. The van der Waals surface area contributed by atoms with E-state index in [9.17, 15) is 0 Å². The Balaban J connectivity index is 0.00000256. The number of likely N-dealkylation sites (tertiary alicyclic amines) is 1. The van der Waals surface area contributed by atoms with E-state index in [1.165, 1.54) is 18.4 Å². The van der Waals surface area contributed by atoms with Crippen LogP contribution in [-0.4, -0.2) is 66.6 Å². The zero-order valence-corrected chi connectivity index (χ0v) is 21.0. The average molecular weight is 561 g/mol. The van der Waals surface area contributed by atoms with Crippen molar-refractivity contribution in [3.63, 3.8) is 0 Å². The molecule has 0 amide bonds. The number of hydrogen-bond donors (Lipinski definition) is 1. The maximum absolute atomic E-state index is 6.30. The van der Waals surface area contributed by atoms with Crippen LogP contribution in [0.3, 0.4) is 0 Å². The number of hydrogen-bond acceptors (Lipinski definition) is 5. The van der Waals surface area contributed by atoms with Crippen LogP contribution in [-0.2, 0) is 6.54 Å². The van der Waals surface area contributed by atoms with Crippen molar-refractivity contribution in [1.29, 1.82) is 0 Å². The summed E-state index contributed by atoms with van der Waals surface area (Å²) < 4.78 is 0. The van der Waals surface area contributed by atoms with E-state index in [1.807, 2.05) is 23.7 Å². The highest BCUT2D eigenvalue weighted by molar-refractivity contribution is 14.0. The van der Waals surface area contributed by atoms with Gasteiger partial charge in [0.15, 0.2) is 11.1 Å². The molecule has 9 heteroatoms. The summed E-state index contributed by atoms with van der Waals surface area (Å²) in [5.74, 6) is 1.31. The van der Waals surface area contributed by atoms with Crippen LogP contribution < -0.4 is 10.6 Å². The normalized spacial score (nSPS) is 19.0. The molecule has 0 aliphatic carbocycles. The molecule has 0 spiro atoms. The van der Waals surface area contributed by atoms with Gasteiger partial charge in [-0.05, 0) is 43.5 Å². The fourth-order valence-electron chi connectivity index (χ4n) is 4.02. The lowest BCUT2D eigenvalue weighted by Gasteiger charge is -2.35. The molecule has 1 aromatic heterocycles. The second kappa shape index (κ2) is 11.5. The van der Waals surface area contributed by atoms with Gasteiger partial charge in [0.2, 0.25) is 0 Å². The summed E-state index contributed by atoms with van der Waals surface area (Å²) in [6, 6.07) is 8.13. The van der Waals surface area contributed by atoms with Crippen LogP contribution in [0.5, 0.6) is 0 Å². The highest BCUT2D eigenvalue weighted by Crippen LogP contribution is 2.23. The molecule has 2 fully saturated rings. The number of nitrogens with zero attached hydrogens (tertiary/aromatic N) is 5. The molecule has 0 radical (unpaired) electrons. The summed E-state index contributed by atoms with van der Waals surface area (Å²) in [5, 5.41) is 3.99. The van der Waals surface area contributed by atoms with Gasteiger partial charge in [-0.3, -0.25) is 9.89 Å². The monoisotopic (exact) mass is 560 g/mol. The van der Waals surface area contributed by atoms with E-state index >= 15 is 0 Å².